The molecule has 3 rings (SSSR count). The highest BCUT2D eigenvalue weighted by atomic mass is 14.5. The summed E-state index contributed by atoms with van der Waals surface area (Å²) in [5.41, 5.74) is 14.2. The quantitative estimate of drug-likeness (QED) is 0.636. The number of benzene rings is 3. The fourth-order valence-corrected chi connectivity index (χ4v) is 2.58. The second kappa shape index (κ2) is 5.45. The highest BCUT2D eigenvalue weighted by Gasteiger charge is 2.08. The predicted molar refractivity (Wildman–Crippen MR) is 91.2 cm³/mol. The van der Waals surface area contributed by atoms with Crippen LogP contribution in [0.5, 0.6) is 0 Å². The maximum absolute atomic E-state index is 6.01. The van der Waals surface area contributed by atoms with Crippen molar-refractivity contribution < 1.29 is 0 Å². The normalized spacial score (nSPS) is 10.6. The van der Waals surface area contributed by atoms with Crippen molar-refractivity contribution in [2.45, 2.75) is 13.8 Å². The molecule has 2 N–H and O–H groups in total. The number of aryl methyl sites for hydroxylation is 2. The van der Waals surface area contributed by atoms with E-state index in [0.29, 0.717) is 0 Å². The molecule has 0 aromatic heterocycles. The van der Waals surface area contributed by atoms with Gasteiger partial charge in [0.2, 0.25) is 0 Å². The minimum absolute atomic E-state index is 0.794. The Morgan fingerprint density at radius 3 is 2.10 bits per heavy atom. The third-order valence-corrected chi connectivity index (χ3v) is 3.95. The molecule has 0 aliphatic carbocycles. The Bertz CT molecular complexity index is 773. The number of nitrogen functional groups attached to an aromatic ring is 1. The topological polar surface area (TPSA) is 26.0 Å². The minimum Gasteiger partial charge on any atom is -0.399 e. The smallest absolute Gasteiger partial charge is 0.0320 e. The summed E-state index contributed by atoms with van der Waals surface area (Å²) >= 11 is 0. The van der Waals surface area contributed by atoms with Crippen LogP contribution in [0.15, 0.2) is 66.7 Å². The molecule has 3 aromatic carbocycles. The fourth-order valence-electron chi connectivity index (χ4n) is 2.58. The molecule has 0 saturated heterocycles. The van der Waals surface area contributed by atoms with Gasteiger partial charge in [0.1, 0.15) is 0 Å². The number of hydrogen-bond donors (Lipinski definition) is 1. The number of nitrogens with two attached hydrogens (primary N) is 1. The van der Waals surface area contributed by atoms with E-state index in [1.54, 1.807) is 0 Å². The predicted octanol–water partition coefficient (Wildman–Crippen LogP) is 5.22. The molecule has 1 nitrogen and oxygen atoms in total. The van der Waals surface area contributed by atoms with Crippen LogP contribution in [0.1, 0.15) is 11.1 Å². The molecular weight excluding hydrogens is 254 g/mol. The van der Waals surface area contributed by atoms with E-state index in [-0.39, 0.29) is 0 Å². The third kappa shape index (κ3) is 2.68. The Labute approximate surface area is 126 Å². The van der Waals surface area contributed by atoms with E-state index in [4.69, 9.17) is 5.73 Å². The maximum Gasteiger partial charge on any atom is 0.0320 e. The Balaban J connectivity index is 2.21. The molecular formula is C20H19N. The van der Waals surface area contributed by atoms with Crippen LogP contribution in [0.25, 0.3) is 22.3 Å². The van der Waals surface area contributed by atoms with Gasteiger partial charge in [-0.25, -0.2) is 0 Å². The highest BCUT2D eigenvalue weighted by Crippen LogP contribution is 2.34. The van der Waals surface area contributed by atoms with Crippen LogP contribution in [-0.2, 0) is 0 Å². The zero-order chi connectivity index (χ0) is 14.8. The first-order valence-electron chi connectivity index (χ1n) is 7.18. The van der Waals surface area contributed by atoms with Crippen molar-refractivity contribution in [2.75, 3.05) is 5.73 Å². The van der Waals surface area contributed by atoms with E-state index in [1.165, 1.54) is 33.4 Å². The lowest BCUT2D eigenvalue weighted by Crippen LogP contribution is -1.91. The molecule has 0 aliphatic rings. The van der Waals surface area contributed by atoms with E-state index in [9.17, 15) is 0 Å². The fraction of sp³-hybridized carbons (Fsp3) is 0.100. The summed E-state index contributed by atoms with van der Waals surface area (Å²) < 4.78 is 0. The van der Waals surface area contributed by atoms with Gasteiger partial charge in [0.25, 0.3) is 0 Å². The van der Waals surface area contributed by atoms with Crippen molar-refractivity contribution in [1.82, 2.24) is 0 Å². The first-order valence-corrected chi connectivity index (χ1v) is 7.18. The standard InChI is InChI=1S/C20H19N/c1-14-8-9-17(12-15(14)2)20-13-18(21)10-11-19(20)16-6-4-3-5-7-16/h3-13H,21H2,1-2H3. The van der Waals surface area contributed by atoms with Gasteiger partial charge in [-0.15, -0.1) is 0 Å². The van der Waals surface area contributed by atoms with Crippen molar-refractivity contribution in [3.63, 3.8) is 0 Å². The average Bonchev–Trinajstić information content (AvgIpc) is 2.51. The Morgan fingerprint density at radius 1 is 0.619 bits per heavy atom. The second-order valence-electron chi connectivity index (χ2n) is 5.47. The summed E-state index contributed by atoms with van der Waals surface area (Å²) in [5.74, 6) is 0. The second-order valence-corrected chi connectivity index (χ2v) is 5.47. The van der Waals surface area contributed by atoms with Crippen LogP contribution in [0, 0.1) is 13.8 Å². The van der Waals surface area contributed by atoms with Gasteiger partial charge < -0.3 is 5.73 Å². The summed E-state index contributed by atoms with van der Waals surface area (Å²) in [6, 6.07) is 23.1. The van der Waals surface area contributed by atoms with Crippen molar-refractivity contribution >= 4 is 5.69 Å². The molecule has 0 unspecified atom stereocenters. The van der Waals surface area contributed by atoms with Gasteiger partial charge >= 0.3 is 0 Å². The molecule has 0 fully saturated rings. The van der Waals surface area contributed by atoms with Crippen molar-refractivity contribution in [2.24, 2.45) is 0 Å². The summed E-state index contributed by atoms with van der Waals surface area (Å²) in [5, 5.41) is 0. The summed E-state index contributed by atoms with van der Waals surface area (Å²) in [4.78, 5) is 0. The summed E-state index contributed by atoms with van der Waals surface area (Å²) in [6.45, 7) is 4.28. The molecule has 21 heavy (non-hydrogen) atoms. The number of hydrogen-bond acceptors (Lipinski definition) is 1. The van der Waals surface area contributed by atoms with Crippen molar-refractivity contribution in [3.05, 3.63) is 77.9 Å². The lowest BCUT2D eigenvalue weighted by Gasteiger charge is -2.13. The molecule has 1 heteroatoms. The molecule has 104 valence electrons. The van der Waals surface area contributed by atoms with Crippen LogP contribution in [0.3, 0.4) is 0 Å². The van der Waals surface area contributed by atoms with Crippen LogP contribution in [0.2, 0.25) is 0 Å². The molecule has 3 aromatic rings. The molecule has 0 radical (unpaired) electrons. The van der Waals surface area contributed by atoms with E-state index >= 15 is 0 Å². The molecule has 0 spiro atoms. The Morgan fingerprint density at radius 2 is 1.38 bits per heavy atom. The van der Waals surface area contributed by atoms with Crippen LogP contribution >= 0.6 is 0 Å². The molecule has 0 heterocycles. The minimum atomic E-state index is 0.794. The van der Waals surface area contributed by atoms with Gasteiger partial charge in [-0.05, 0) is 59.4 Å². The van der Waals surface area contributed by atoms with Gasteiger partial charge in [0.15, 0.2) is 0 Å². The number of anilines is 1. The summed E-state index contributed by atoms with van der Waals surface area (Å²) in [7, 11) is 0. The molecule has 0 atom stereocenters. The van der Waals surface area contributed by atoms with Crippen LogP contribution in [0.4, 0.5) is 5.69 Å². The average molecular weight is 273 g/mol. The van der Waals surface area contributed by atoms with Crippen LogP contribution < -0.4 is 5.73 Å². The van der Waals surface area contributed by atoms with E-state index in [2.05, 4.69) is 68.4 Å². The molecule has 0 saturated carbocycles. The first-order chi connectivity index (χ1) is 10.1. The Kier molecular flexibility index (Phi) is 3.49. The van der Waals surface area contributed by atoms with Crippen molar-refractivity contribution in [3.8, 4) is 22.3 Å². The number of rotatable bonds is 2. The van der Waals surface area contributed by atoms with Gasteiger partial charge in [0.05, 0.1) is 0 Å². The molecule has 0 amide bonds. The van der Waals surface area contributed by atoms with Gasteiger partial charge in [-0.1, -0.05) is 54.6 Å². The monoisotopic (exact) mass is 273 g/mol. The Hall–Kier alpha value is -2.54. The zero-order valence-electron chi connectivity index (χ0n) is 12.4. The molecule has 0 aliphatic heterocycles. The maximum atomic E-state index is 6.01. The summed E-state index contributed by atoms with van der Waals surface area (Å²) in [6.07, 6.45) is 0. The van der Waals surface area contributed by atoms with Gasteiger partial charge in [-0.3, -0.25) is 0 Å². The third-order valence-electron chi connectivity index (χ3n) is 3.95. The van der Waals surface area contributed by atoms with Gasteiger partial charge in [-0.2, -0.15) is 0 Å². The highest BCUT2D eigenvalue weighted by molar-refractivity contribution is 5.85. The first kappa shape index (κ1) is 13.4. The SMILES string of the molecule is Cc1ccc(-c2cc(N)ccc2-c2ccccc2)cc1C. The van der Waals surface area contributed by atoms with Crippen molar-refractivity contribution in [1.29, 1.82) is 0 Å². The zero-order valence-corrected chi connectivity index (χ0v) is 12.4. The van der Waals surface area contributed by atoms with E-state index < -0.39 is 0 Å². The van der Waals surface area contributed by atoms with E-state index in [1.807, 2.05) is 12.1 Å². The van der Waals surface area contributed by atoms with E-state index in [0.717, 1.165) is 5.69 Å². The lowest BCUT2D eigenvalue weighted by molar-refractivity contribution is 1.34. The van der Waals surface area contributed by atoms with Gasteiger partial charge in [0, 0.05) is 5.69 Å². The molecule has 0 bridgehead atoms. The lowest BCUT2D eigenvalue weighted by atomic mass is 9.92. The van der Waals surface area contributed by atoms with Crippen LogP contribution in [-0.4, -0.2) is 0 Å². The largest absolute Gasteiger partial charge is 0.399 e.